The van der Waals surface area contributed by atoms with Gasteiger partial charge in [0, 0.05) is 5.56 Å². The van der Waals surface area contributed by atoms with Crippen LogP contribution in [0.15, 0.2) is 12.1 Å². The second-order valence-electron chi connectivity index (χ2n) is 3.58. The van der Waals surface area contributed by atoms with Gasteiger partial charge in [0.25, 0.3) is 0 Å². The van der Waals surface area contributed by atoms with Gasteiger partial charge in [-0.3, -0.25) is 4.57 Å². The highest BCUT2D eigenvalue weighted by Gasteiger charge is 2.36. The maximum atomic E-state index is 13.6. The summed E-state index contributed by atoms with van der Waals surface area (Å²) < 4.78 is 61.7. The molecule has 0 amide bonds. The van der Waals surface area contributed by atoms with E-state index in [0.717, 1.165) is 6.07 Å². The molecule has 0 unspecified atom stereocenters. The van der Waals surface area contributed by atoms with Crippen molar-refractivity contribution in [1.82, 2.24) is 0 Å². The summed E-state index contributed by atoms with van der Waals surface area (Å²) in [6.45, 7) is 3.16. The summed E-state index contributed by atoms with van der Waals surface area (Å²) in [7, 11) is -3.85. The Bertz CT molecular complexity index is 488. The number of halogens is 3. The fraction of sp³-hybridized carbons (Fsp3) is 0.455. The van der Waals surface area contributed by atoms with E-state index in [2.05, 4.69) is 0 Å². The molecule has 1 aromatic rings. The summed E-state index contributed by atoms with van der Waals surface area (Å²) in [4.78, 5) is 0. The molecular weight excluding hydrogens is 282 g/mol. The molecule has 0 fully saturated rings. The maximum Gasteiger partial charge on any atom is 0.351 e. The van der Waals surface area contributed by atoms with Crippen molar-refractivity contribution in [3.05, 3.63) is 35.1 Å². The third-order valence-electron chi connectivity index (χ3n) is 2.34. The van der Waals surface area contributed by atoms with E-state index in [9.17, 15) is 17.7 Å². The van der Waals surface area contributed by atoms with Crippen LogP contribution in [0.25, 0.3) is 0 Å². The molecule has 0 bridgehead atoms. The average molecular weight is 297 g/mol. The van der Waals surface area contributed by atoms with Gasteiger partial charge in [-0.1, -0.05) is 6.07 Å². The van der Waals surface area contributed by atoms with Gasteiger partial charge >= 0.3 is 7.60 Å². The van der Waals surface area contributed by atoms with Gasteiger partial charge in [-0.2, -0.15) is 0 Å². The Morgan fingerprint density at radius 1 is 1.16 bits per heavy atom. The molecular formula is C11H15F3NO3P. The van der Waals surface area contributed by atoms with Crippen molar-refractivity contribution in [1.29, 1.82) is 0 Å². The topological polar surface area (TPSA) is 61.5 Å². The van der Waals surface area contributed by atoms with Crippen LogP contribution in [0.4, 0.5) is 13.2 Å². The summed E-state index contributed by atoms with van der Waals surface area (Å²) in [5.74, 6) is -6.04. The van der Waals surface area contributed by atoms with Crippen molar-refractivity contribution < 1.29 is 26.8 Å². The van der Waals surface area contributed by atoms with Gasteiger partial charge in [-0.15, -0.1) is 0 Å². The van der Waals surface area contributed by atoms with E-state index in [4.69, 9.17) is 14.8 Å². The first kappa shape index (κ1) is 16.2. The predicted molar refractivity (Wildman–Crippen MR) is 64.1 cm³/mol. The van der Waals surface area contributed by atoms with Crippen LogP contribution in [0.3, 0.4) is 0 Å². The molecule has 0 aromatic heterocycles. The van der Waals surface area contributed by atoms with E-state index < -0.39 is 36.4 Å². The van der Waals surface area contributed by atoms with Crippen molar-refractivity contribution in [3.63, 3.8) is 0 Å². The molecule has 19 heavy (non-hydrogen) atoms. The molecule has 8 heteroatoms. The first-order valence-electron chi connectivity index (χ1n) is 5.65. The zero-order valence-electron chi connectivity index (χ0n) is 10.5. The maximum absolute atomic E-state index is 13.6. The lowest BCUT2D eigenvalue weighted by molar-refractivity contribution is 0.211. The normalized spacial score (nSPS) is 13.6. The average Bonchev–Trinajstić information content (AvgIpc) is 2.36. The minimum Gasteiger partial charge on any atom is -0.314 e. The van der Waals surface area contributed by atoms with Crippen LogP contribution < -0.4 is 5.73 Å². The van der Waals surface area contributed by atoms with Gasteiger partial charge < -0.3 is 14.8 Å². The molecule has 1 aromatic carbocycles. The van der Waals surface area contributed by atoms with E-state index in [0.29, 0.717) is 6.07 Å². The van der Waals surface area contributed by atoms with Crippen LogP contribution in [0, 0.1) is 17.5 Å². The number of rotatable bonds is 6. The van der Waals surface area contributed by atoms with Gasteiger partial charge in [0.2, 0.25) is 0 Å². The number of hydrogen-bond donors (Lipinski definition) is 1. The molecule has 0 saturated heterocycles. The highest BCUT2D eigenvalue weighted by atomic mass is 31.2. The summed E-state index contributed by atoms with van der Waals surface area (Å²) in [6.07, 6.45) is 0. The molecule has 2 N–H and O–H groups in total. The monoisotopic (exact) mass is 297 g/mol. The van der Waals surface area contributed by atoms with Crippen LogP contribution in [0.5, 0.6) is 0 Å². The Hall–Kier alpha value is -0.880. The molecule has 0 aliphatic heterocycles. The molecule has 0 heterocycles. The van der Waals surface area contributed by atoms with E-state index in [1.54, 1.807) is 13.8 Å². The Balaban J connectivity index is 3.21. The SMILES string of the molecule is CCOP(=O)(OCC)[C@H](N)c1ccc(F)c(F)c1F. The van der Waals surface area contributed by atoms with Crippen molar-refractivity contribution in [3.8, 4) is 0 Å². The van der Waals surface area contributed by atoms with Crippen LogP contribution in [0.1, 0.15) is 25.2 Å². The van der Waals surface area contributed by atoms with Crippen LogP contribution >= 0.6 is 7.60 Å². The van der Waals surface area contributed by atoms with Gasteiger partial charge in [-0.05, 0) is 19.9 Å². The zero-order chi connectivity index (χ0) is 14.6. The summed E-state index contributed by atoms with van der Waals surface area (Å²) in [6, 6.07) is 1.62. The van der Waals surface area contributed by atoms with Gasteiger partial charge in [-0.25, -0.2) is 13.2 Å². The zero-order valence-corrected chi connectivity index (χ0v) is 11.4. The number of hydrogen-bond acceptors (Lipinski definition) is 4. The summed E-state index contributed by atoms with van der Waals surface area (Å²) >= 11 is 0. The molecule has 0 aliphatic carbocycles. The first-order valence-corrected chi connectivity index (χ1v) is 7.26. The second-order valence-corrected chi connectivity index (χ2v) is 5.74. The van der Waals surface area contributed by atoms with Crippen molar-refractivity contribution in [2.75, 3.05) is 13.2 Å². The third-order valence-corrected chi connectivity index (χ3v) is 4.54. The molecule has 4 nitrogen and oxygen atoms in total. The van der Waals surface area contributed by atoms with Crippen LogP contribution in [-0.4, -0.2) is 13.2 Å². The van der Waals surface area contributed by atoms with Gasteiger partial charge in [0.05, 0.1) is 13.2 Å². The van der Waals surface area contributed by atoms with E-state index in [1.165, 1.54) is 0 Å². The predicted octanol–water partition coefficient (Wildman–Crippen LogP) is 3.33. The number of benzene rings is 1. The quantitative estimate of drug-likeness (QED) is 0.646. The van der Waals surface area contributed by atoms with E-state index in [1.807, 2.05) is 0 Å². The number of nitrogens with two attached hydrogens (primary N) is 1. The molecule has 0 radical (unpaired) electrons. The lowest BCUT2D eigenvalue weighted by atomic mass is 10.2. The third kappa shape index (κ3) is 3.36. The minimum atomic E-state index is -3.85. The highest BCUT2D eigenvalue weighted by molar-refractivity contribution is 7.54. The standard InChI is InChI=1S/C11H15F3NO3P/c1-3-17-19(16,18-4-2)11(15)7-5-6-8(12)10(14)9(7)13/h5-6,11H,3-4,15H2,1-2H3/t11-/m0/s1. The summed E-state index contributed by atoms with van der Waals surface area (Å²) in [5, 5.41) is 0. The fourth-order valence-corrected chi connectivity index (χ4v) is 3.15. The van der Waals surface area contributed by atoms with Crippen molar-refractivity contribution >= 4 is 7.60 Å². The molecule has 0 spiro atoms. The lowest BCUT2D eigenvalue weighted by Gasteiger charge is -2.23. The Labute approximate surface area is 109 Å². The van der Waals surface area contributed by atoms with Crippen molar-refractivity contribution in [2.45, 2.75) is 19.6 Å². The van der Waals surface area contributed by atoms with Crippen LogP contribution in [0.2, 0.25) is 0 Å². The molecule has 1 rings (SSSR count). The van der Waals surface area contributed by atoms with Gasteiger partial charge in [0.15, 0.2) is 17.5 Å². The van der Waals surface area contributed by atoms with E-state index in [-0.39, 0.29) is 13.2 Å². The Kier molecular flexibility index (Phi) is 5.55. The minimum absolute atomic E-state index is 0.0241. The summed E-state index contributed by atoms with van der Waals surface area (Å²) in [5.41, 5.74) is 5.17. The van der Waals surface area contributed by atoms with Gasteiger partial charge in [0.1, 0.15) is 5.78 Å². The van der Waals surface area contributed by atoms with E-state index >= 15 is 0 Å². The fourth-order valence-electron chi connectivity index (χ4n) is 1.50. The highest BCUT2D eigenvalue weighted by Crippen LogP contribution is 2.58. The molecule has 0 aliphatic rings. The lowest BCUT2D eigenvalue weighted by Crippen LogP contribution is -2.17. The Morgan fingerprint density at radius 2 is 1.68 bits per heavy atom. The molecule has 1 atom stereocenters. The Morgan fingerprint density at radius 3 is 2.16 bits per heavy atom. The molecule has 108 valence electrons. The first-order chi connectivity index (χ1) is 8.87. The van der Waals surface area contributed by atoms with Crippen LogP contribution in [-0.2, 0) is 13.6 Å². The molecule has 0 saturated carbocycles. The largest absolute Gasteiger partial charge is 0.351 e. The van der Waals surface area contributed by atoms with Crippen molar-refractivity contribution in [2.24, 2.45) is 5.73 Å². The smallest absolute Gasteiger partial charge is 0.314 e. The second kappa shape index (κ2) is 6.52.